The topological polar surface area (TPSA) is 0 Å². The van der Waals surface area contributed by atoms with Gasteiger partial charge < -0.3 is 0 Å². The normalized spacial score (nSPS) is 17.1. The van der Waals surface area contributed by atoms with Gasteiger partial charge in [-0.2, -0.15) is 0 Å². The van der Waals surface area contributed by atoms with Gasteiger partial charge in [-0.15, -0.1) is 0 Å². The van der Waals surface area contributed by atoms with Crippen molar-refractivity contribution in [3.05, 3.63) is 28.7 Å². The monoisotopic (exact) mass is 351 g/mol. The van der Waals surface area contributed by atoms with Crippen LogP contribution in [0.15, 0.2) is 22.3 Å². The van der Waals surface area contributed by atoms with E-state index in [1.807, 2.05) is 0 Å². The van der Waals surface area contributed by atoms with Crippen LogP contribution in [-0.2, 0) is 15.5 Å². The molecule has 0 nitrogen and oxygen atoms in total. The van der Waals surface area contributed by atoms with Crippen LogP contribution >= 0.6 is 34.1 Å². The number of rotatable bonds is 0. The molecule has 0 aromatic carbocycles. The first-order valence-electron chi connectivity index (χ1n) is 4.08. The molecule has 14 heavy (non-hydrogen) atoms. The van der Waals surface area contributed by atoms with Gasteiger partial charge in [0.1, 0.15) is 0 Å². The molecule has 0 bridgehead atoms. The van der Waals surface area contributed by atoms with Gasteiger partial charge in [0.25, 0.3) is 0 Å². The Bertz CT molecular complexity index is 245. The average Bonchev–Trinajstić information content (AvgIpc) is 2.14. The molecule has 0 heterocycles. The molecule has 0 fully saturated rings. The molecule has 0 spiro atoms. The van der Waals surface area contributed by atoms with Gasteiger partial charge in [-0.3, -0.25) is 0 Å². The van der Waals surface area contributed by atoms with Gasteiger partial charge in [0.05, 0.1) is 0 Å². The summed E-state index contributed by atoms with van der Waals surface area (Å²) in [6.07, 6.45) is 2.24. The second-order valence-electron chi connectivity index (χ2n) is 3.19. The van der Waals surface area contributed by atoms with Gasteiger partial charge in [0.15, 0.2) is 0 Å². The van der Waals surface area contributed by atoms with Crippen LogP contribution < -0.4 is 0 Å². The molecule has 1 aliphatic carbocycles. The van der Waals surface area contributed by atoms with Crippen LogP contribution in [0, 0.1) is 6.42 Å². The third-order valence-corrected chi connectivity index (χ3v) is 2.18. The Balaban J connectivity index is 0.000000292. The SMILES string of the molecule is CC1=C(C)C(C)=C(C)[CH]1.[Cl][Zr]([Cl])([Cl])[Cl]. The summed E-state index contributed by atoms with van der Waals surface area (Å²) in [7, 11) is 20.1. The van der Waals surface area contributed by atoms with Gasteiger partial charge in [-0.1, -0.05) is 11.1 Å². The standard InChI is InChI=1S/C9H13.4ClH.Zr/c1-6-5-7(2)9(4)8(6)3;;;;;/h5H,1-4H3;4*1H;/q;;;;;+4/p-4. The van der Waals surface area contributed by atoms with Crippen LogP contribution in [0.5, 0.6) is 0 Å². The van der Waals surface area contributed by atoms with Crippen LogP contribution in [-0.4, -0.2) is 0 Å². The molecule has 1 radical (unpaired) electrons. The first-order valence-corrected chi connectivity index (χ1v) is 16.7. The maximum atomic E-state index is 5.04. The first-order chi connectivity index (χ1) is 6.13. The van der Waals surface area contributed by atoms with E-state index in [1.165, 1.54) is 22.3 Å². The zero-order valence-electron chi connectivity index (χ0n) is 8.59. The van der Waals surface area contributed by atoms with Crippen molar-refractivity contribution >= 4 is 34.1 Å². The van der Waals surface area contributed by atoms with E-state index in [1.54, 1.807) is 0 Å². The Morgan fingerprint density at radius 2 is 1.00 bits per heavy atom. The van der Waals surface area contributed by atoms with E-state index in [4.69, 9.17) is 34.1 Å². The second-order valence-corrected chi connectivity index (χ2v) is 25.6. The molecule has 0 aromatic heterocycles. The van der Waals surface area contributed by atoms with E-state index < -0.39 is 15.5 Å². The van der Waals surface area contributed by atoms with E-state index in [9.17, 15) is 0 Å². The fraction of sp³-hybridized carbons (Fsp3) is 0.444. The summed E-state index contributed by atoms with van der Waals surface area (Å²) in [6.45, 7) is 8.68. The van der Waals surface area contributed by atoms with E-state index in [2.05, 4.69) is 34.1 Å². The summed E-state index contributed by atoms with van der Waals surface area (Å²) in [4.78, 5) is 0. The predicted molar refractivity (Wildman–Crippen MR) is 64.5 cm³/mol. The van der Waals surface area contributed by atoms with Crippen molar-refractivity contribution in [3.8, 4) is 0 Å². The van der Waals surface area contributed by atoms with Crippen molar-refractivity contribution in [2.45, 2.75) is 27.7 Å². The molecule has 1 aliphatic rings. The van der Waals surface area contributed by atoms with E-state index in [0.29, 0.717) is 0 Å². The first kappa shape index (κ1) is 15.5. The third kappa shape index (κ3) is 6.91. The van der Waals surface area contributed by atoms with Gasteiger partial charge in [-0.25, -0.2) is 0 Å². The summed E-state index contributed by atoms with van der Waals surface area (Å²) in [6, 6.07) is 0. The van der Waals surface area contributed by atoms with Crippen LogP contribution in [0.3, 0.4) is 0 Å². The van der Waals surface area contributed by atoms with E-state index in [0.717, 1.165) is 0 Å². The maximum absolute atomic E-state index is 5.04. The summed E-state index contributed by atoms with van der Waals surface area (Å²) in [5.41, 5.74) is 5.75. The van der Waals surface area contributed by atoms with Crippen molar-refractivity contribution in [1.82, 2.24) is 0 Å². The number of allylic oxidation sites excluding steroid dienone is 4. The van der Waals surface area contributed by atoms with Crippen molar-refractivity contribution in [3.63, 3.8) is 0 Å². The molecule has 0 N–H and O–H groups in total. The number of hydrogen-bond donors (Lipinski definition) is 0. The Labute approximate surface area is 105 Å². The van der Waals surface area contributed by atoms with Crippen molar-refractivity contribution < 1.29 is 15.5 Å². The summed E-state index contributed by atoms with van der Waals surface area (Å²) >= 11 is -3.29. The fourth-order valence-electron chi connectivity index (χ4n) is 1.13. The fourth-order valence-corrected chi connectivity index (χ4v) is 1.13. The van der Waals surface area contributed by atoms with Crippen LogP contribution in [0.2, 0.25) is 0 Å². The van der Waals surface area contributed by atoms with Gasteiger partial charge in [-0.05, 0) is 38.8 Å². The van der Waals surface area contributed by atoms with Crippen LogP contribution in [0.4, 0.5) is 0 Å². The second kappa shape index (κ2) is 6.31. The zero-order valence-corrected chi connectivity index (χ0v) is 14.1. The summed E-state index contributed by atoms with van der Waals surface area (Å²) in [5.74, 6) is 0. The van der Waals surface area contributed by atoms with Crippen molar-refractivity contribution in [1.29, 1.82) is 0 Å². The van der Waals surface area contributed by atoms with E-state index >= 15 is 0 Å². The molecule has 0 unspecified atom stereocenters. The molecule has 0 saturated carbocycles. The molecule has 0 saturated heterocycles. The van der Waals surface area contributed by atoms with Crippen molar-refractivity contribution in [2.24, 2.45) is 0 Å². The number of hydrogen-bond acceptors (Lipinski definition) is 0. The molecule has 0 aromatic rings. The van der Waals surface area contributed by atoms with Crippen LogP contribution in [0.1, 0.15) is 27.7 Å². The predicted octanol–water partition coefficient (Wildman–Crippen LogP) is 5.63. The van der Waals surface area contributed by atoms with Gasteiger partial charge in [0, 0.05) is 6.42 Å². The molecule has 5 heteroatoms. The molecule has 0 aliphatic heterocycles. The van der Waals surface area contributed by atoms with Gasteiger partial charge in [0.2, 0.25) is 0 Å². The van der Waals surface area contributed by atoms with Crippen molar-refractivity contribution in [2.75, 3.05) is 0 Å². The number of halogens is 4. The van der Waals surface area contributed by atoms with Crippen LogP contribution in [0.25, 0.3) is 0 Å². The summed E-state index contributed by atoms with van der Waals surface area (Å²) < 4.78 is 0. The summed E-state index contributed by atoms with van der Waals surface area (Å²) in [5, 5.41) is 0. The molecule has 1 rings (SSSR count). The molecule has 0 atom stereocenters. The van der Waals surface area contributed by atoms with E-state index in [-0.39, 0.29) is 0 Å². The molecular formula is C9H13Cl4Zr. The minimum atomic E-state index is -3.29. The Morgan fingerprint density at radius 1 is 0.786 bits per heavy atom. The Morgan fingerprint density at radius 3 is 1.07 bits per heavy atom. The minimum absolute atomic E-state index is 1.42. The Hall–Kier alpha value is 1.52. The zero-order chi connectivity index (χ0) is 11.5. The Kier molecular flexibility index (Phi) is 6.99. The van der Waals surface area contributed by atoms with Gasteiger partial charge >= 0.3 is 49.5 Å². The average molecular weight is 354 g/mol. The molecule has 0 amide bonds. The third-order valence-electron chi connectivity index (χ3n) is 2.18. The molecular weight excluding hydrogens is 341 g/mol. The molecule has 81 valence electrons. The quantitative estimate of drug-likeness (QED) is 0.529.